The minimum Gasteiger partial charge on any atom is -0.376 e. The molecule has 0 atom stereocenters. The van der Waals surface area contributed by atoms with Crippen LogP contribution in [0.2, 0.25) is 0 Å². The number of amides is 1. The quantitative estimate of drug-likeness (QED) is 0.801. The molecule has 1 heterocycles. The highest BCUT2D eigenvalue weighted by Gasteiger charge is 2.16. The SMILES string of the molecule is Cc1noc(C)c1CCC(=O)Nc1cc(S(N)(=O)=O)ccc1N(C)C. The smallest absolute Gasteiger partial charge is 0.238 e. The zero-order valence-electron chi connectivity index (χ0n) is 14.7. The first-order valence-corrected chi connectivity index (χ1v) is 9.20. The van der Waals surface area contributed by atoms with Gasteiger partial charge in [-0.3, -0.25) is 4.79 Å². The van der Waals surface area contributed by atoms with E-state index in [1.807, 2.05) is 6.92 Å². The first-order chi connectivity index (χ1) is 11.6. The summed E-state index contributed by atoms with van der Waals surface area (Å²) in [4.78, 5) is 14.0. The molecule has 2 rings (SSSR count). The molecule has 0 aliphatic carbocycles. The Morgan fingerprint density at radius 3 is 2.52 bits per heavy atom. The van der Waals surface area contributed by atoms with Gasteiger partial charge in [0.2, 0.25) is 15.9 Å². The molecule has 0 unspecified atom stereocenters. The van der Waals surface area contributed by atoms with Crippen LogP contribution < -0.4 is 15.4 Å². The standard InChI is InChI=1S/C16H22N4O4S/c1-10-13(11(2)24-19-10)6-8-16(21)18-14-9-12(25(17,22)23)5-7-15(14)20(3)4/h5,7,9H,6,8H2,1-4H3,(H,18,21)(H2,17,22,23). The molecule has 0 aliphatic heterocycles. The van der Waals surface area contributed by atoms with Gasteiger partial charge in [0.05, 0.1) is 22.0 Å². The highest BCUT2D eigenvalue weighted by atomic mass is 32.2. The number of aromatic nitrogens is 1. The normalized spacial score (nSPS) is 11.4. The molecule has 0 aliphatic rings. The van der Waals surface area contributed by atoms with Crippen LogP contribution in [0.3, 0.4) is 0 Å². The molecule has 8 nitrogen and oxygen atoms in total. The van der Waals surface area contributed by atoms with Gasteiger partial charge in [-0.2, -0.15) is 0 Å². The zero-order valence-corrected chi connectivity index (χ0v) is 15.5. The summed E-state index contributed by atoms with van der Waals surface area (Å²) < 4.78 is 28.2. The van der Waals surface area contributed by atoms with Crippen LogP contribution in [0.4, 0.5) is 11.4 Å². The van der Waals surface area contributed by atoms with Crippen LogP contribution in [0.25, 0.3) is 0 Å². The number of anilines is 2. The molecule has 25 heavy (non-hydrogen) atoms. The number of rotatable bonds is 6. The number of carbonyl (C=O) groups excluding carboxylic acids is 1. The molecular formula is C16H22N4O4S. The number of hydrogen-bond acceptors (Lipinski definition) is 6. The maximum atomic E-state index is 12.3. The van der Waals surface area contributed by atoms with Crippen LogP contribution in [-0.4, -0.2) is 33.6 Å². The van der Waals surface area contributed by atoms with E-state index in [0.717, 1.165) is 11.3 Å². The third-order valence-corrected chi connectivity index (χ3v) is 4.75. The van der Waals surface area contributed by atoms with Crippen LogP contribution >= 0.6 is 0 Å². The molecule has 9 heteroatoms. The summed E-state index contributed by atoms with van der Waals surface area (Å²) in [6.07, 6.45) is 0.703. The first-order valence-electron chi connectivity index (χ1n) is 7.65. The predicted molar refractivity (Wildman–Crippen MR) is 95.1 cm³/mol. The van der Waals surface area contributed by atoms with Gasteiger partial charge in [-0.1, -0.05) is 5.16 Å². The summed E-state index contributed by atoms with van der Waals surface area (Å²) >= 11 is 0. The minimum atomic E-state index is -3.85. The maximum absolute atomic E-state index is 12.3. The number of benzene rings is 1. The summed E-state index contributed by atoms with van der Waals surface area (Å²) in [5.74, 6) is 0.449. The van der Waals surface area contributed by atoms with Gasteiger partial charge in [0.25, 0.3) is 0 Å². The molecule has 0 saturated heterocycles. The average Bonchev–Trinajstić information content (AvgIpc) is 2.82. The van der Waals surface area contributed by atoms with Crippen molar-refractivity contribution in [3.05, 3.63) is 35.2 Å². The van der Waals surface area contributed by atoms with Gasteiger partial charge in [0.1, 0.15) is 5.76 Å². The Morgan fingerprint density at radius 2 is 2.00 bits per heavy atom. The van der Waals surface area contributed by atoms with E-state index in [1.165, 1.54) is 12.1 Å². The number of hydrogen-bond donors (Lipinski definition) is 2. The molecular weight excluding hydrogens is 344 g/mol. The highest BCUT2D eigenvalue weighted by molar-refractivity contribution is 7.89. The van der Waals surface area contributed by atoms with Crippen molar-refractivity contribution in [1.29, 1.82) is 0 Å². The van der Waals surface area contributed by atoms with Crippen molar-refractivity contribution < 1.29 is 17.7 Å². The Morgan fingerprint density at radius 1 is 1.32 bits per heavy atom. The molecule has 3 N–H and O–H groups in total. The lowest BCUT2D eigenvalue weighted by molar-refractivity contribution is -0.116. The number of carbonyl (C=O) groups is 1. The molecule has 136 valence electrons. The number of nitrogens with one attached hydrogen (secondary N) is 1. The minimum absolute atomic E-state index is 0.0564. The third kappa shape index (κ3) is 4.58. The van der Waals surface area contributed by atoms with Crippen LogP contribution in [-0.2, 0) is 21.2 Å². The van der Waals surface area contributed by atoms with Crippen molar-refractivity contribution in [2.45, 2.75) is 31.6 Å². The third-order valence-electron chi connectivity index (χ3n) is 3.84. The molecule has 0 radical (unpaired) electrons. The van der Waals surface area contributed by atoms with Gasteiger partial charge < -0.3 is 14.7 Å². The summed E-state index contributed by atoms with van der Waals surface area (Å²) in [5.41, 5.74) is 2.73. The Kier molecular flexibility index (Phi) is 5.48. The van der Waals surface area contributed by atoms with Crippen molar-refractivity contribution >= 4 is 27.3 Å². The second-order valence-corrected chi connectivity index (χ2v) is 7.53. The molecule has 1 aromatic heterocycles. The summed E-state index contributed by atoms with van der Waals surface area (Å²) in [7, 11) is -0.259. The molecule has 0 saturated carbocycles. The fourth-order valence-corrected chi connectivity index (χ4v) is 3.03. The van der Waals surface area contributed by atoms with Crippen LogP contribution in [0.15, 0.2) is 27.6 Å². The van der Waals surface area contributed by atoms with Crippen molar-refractivity contribution in [2.24, 2.45) is 5.14 Å². The molecule has 0 fully saturated rings. The van der Waals surface area contributed by atoms with Gasteiger partial charge >= 0.3 is 0 Å². The Bertz CT molecular complexity index is 868. The number of nitrogens with zero attached hydrogens (tertiary/aromatic N) is 2. The van der Waals surface area contributed by atoms with E-state index in [1.54, 1.807) is 32.0 Å². The fourth-order valence-electron chi connectivity index (χ4n) is 2.49. The first kappa shape index (κ1) is 18.9. The van der Waals surface area contributed by atoms with E-state index in [9.17, 15) is 13.2 Å². The van der Waals surface area contributed by atoms with Gasteiger partial charge in [-0.25, -0.2) is 13.6 Å². The van der Waals surface area contributed by atoms with E-state index >= 15 is 0 Å². The topological polar surface area (TPSA) is 119 Å². The Balaban J connectivity index is 2.18. The second-order valence-electron chi connectivity index (χ2n) is 5.97. The Labute approximate surface area is 147 Å². The van der Waals surface area contributed by atoms with E-state index < -0.39 is 10.0 Å². The van der Waals surface area contributed by atoms with Crippen LogP contribution in [0, 0.1) is 13.8 Å². The summed E-state index contributed by atoms with van der Waals surface area (Å²) in [5, 5.41) is 11.8. The molecule has 1 amide bonds. The van der Waals surface area contributed by atoms with E-state index in [0.29, 0.717) is 23.6 Å². The zero-order chi connectivity index (χ0) is 18.8. The maximum Gasteiger partial charge on any atom is 0.238 e. The van der Waals surface area contributed by atoms with Gasteiger partial charge in [0, 0.05) is 26.1 Å². The lowest BCUT2D eigenvalue weighted by Gasteiger charge is -2.18. The highest BCUT2D eigenvalue weighted by Crippen LogP contribution is 2.27. The van der Waals surface area contributed by atoms with E-state index in [-0.39, 0.29) is 17.2 Å². The van der Waals surface area contributed by atoms with Crippen molar-refractivity contribution in [3.63, 3.8) is 0 Å². The molecule has 0 bridgehead atoms. The van der Waals surface area contributed by atoms with Gasteiger partial charge in [-0.05, 0) is 38.5 Å². The summed E-state index contributed by atoms with van der Waals surface area (Å²) in [6.45, 7) is 3.62. The van der Waals surface area contributed by atoms with Crippen molar-refractivity contribution in [1.82, 2.24) is 5.16 Å². The van der Waals surface area contributed by atoms with Gasteiger partial charge in [0.15, 0.2) is 0 Å². The van der Waals surface area contributed by atoms with Crippen molar-refractivity contribution in [2.75, 3.05) is 24.3 Å². The summed E-state index contributed by atoms with van der Waals surface area (Å²) in [6, 6.07) is 4.37. The lowest BCUT2D eigenvalue weighted by Crippen LogP contribution is -2.19. The van der Waals surface area contributed by atoms with Crippen LogP contribution in [0.1, 0.15) is 23.4 Å². The lowest BCUT2D eigenvalue weighted by atomic mass is 10.1. The number of nitrogens with two attached hydrogens (primary N) is 1. The second kappa shape index (κ2) is 7.24. The molecule has 1 aromatic carbocycles. The number of aryl methyl sites for hydroxylation is 2. The molecule has 2 aromatic rings. The number of sulfonamides is 1. The Hall–Kier alpha value is -2.39. The monoisotopic (exact) mass is 366 g/mol. The van der Waals surface area contributed by atoms with Gasteiger partial charge in [-0.15, -0.1) is 0 Å². The van der Waals surface area contributed by atoms with Crippen molar-refractivity contribution in [3.8, 4) is 0 Å². The largest absolute Gasteiger partial charge is 0.376 e. The average molecular weight is 366 g/mol. The van der Waals surface area contributed by atoms with E-state index in [2.05, 4.69) is 10.5 Å². The van der Waals surface area contributed by atoms with E-state index in [4.69, 9.17) is 9.66 Å². The molecule has 0 spiro atoms. The fraction of sp³-hybridized carbons (Fsp3) is 0.375. The number of primary sulfonamides is 1. The predicted octanol–water partition coefficient (Wildman–Crippen LogP) is 1.58. The van der Waals surface area contributed by atoms with Crippen LogP contribution in [0.5, 0.6) is 0 Å².